The first-order valence-corrected chi connectivity index (χ1v) is 13.1. The molecular weight excluding hydrogens is 462 g/mol. The Morgan fingerprint density at radius 1 is 1.08 bits per heavy atom. The number of aromatic amines is 1. The van der Waals surface area contributed by atoms with Gasteiger partial charge in [0.2, 0.25) is 0 Å². The average molecular weight is 494 g/mol. The number of pyridine rings is 2. The molecule has 8 nitrogen and oxygen atoms in total. The van der Waals surface area contributed by atoms with Crippen LogP contribution in [0.3, 0.4) is 0 Å². The molecule has 8 heteroatoms. The fourth-order valence-corrected chi connectivity index (χ4v) is 5.85. The highest BCUT2D eigenvalue weighted by molar-refractivity contribution is 6.16. The number of benzene rings is 1. The number of likely N-dealkylation sites (tertiary alicyclic amines) is 1. The summed E-state index contributed by atoms with van der Waals surface area (Å²) in [5, 5.41) is 4.66. The Hall–Kier alpha value is -3.75. The number of amidine groups is 1. The predicted octanol–water partition coefficient (Wildman–Crippen LogP) is 4.80. The van der Waals surface area contributed by atoms with Crippen LogP contribution in [0.15, 0.2) is 60.0 Å². The highest BCUT2D eigenvalue weighted by Gasteiger charge is 2.36. The van der Waals surface area contributed by atoms with Gasteiger partial charge in [-0.15, -0.1) is 0 Å². The number of H-pyrrole nitrogens is 1. The quantitative estimate of drug-likeness (QED) is 0.369. The van der Waals surface area contributed by atoms with Gasteiger partial charge in [0.25, 0.3) is 0 Å². The summed E-state index contributed by atoms with van der Waals surface area (Å²) >= 11 is 0. The number of fused-ring (bicyclic) bond motifs is 2. The van der Waals surface area contributed by atoms with Gasteiger partial charge in [-0.25, -0.2) is 9.98 Å². The van der Waals surface area contributed by atoms with E-state index in [1.165, 1.54) is 24.0 Å². The van der Waals surface area contributed by atoms with E-state index in [9.17, 15) is 0 Å². The SMILES string of the molecule is COc1ccccc1-c1cc2c(C3=N[C@@H](N4CCCC(N)C4)c4c(cncc4C4CC4)N3)ccnc2[nH]1. The van der Waals surface area contributed by atoms with Gasteiger partial charge < -0.3 is 20.8 Å². The minimum absolute atomic E-state index is 0.0768. The highest BCUT2D eigenvalue weighted by Crippen LogP contribution is 2.47. The number of hydrogen-bond donors (Lipinski definition) is 3. The van der Waals surface area contributed by atoms with Crippen molar-refractivity contribution in [2.24, 2.45) is 10.7 Å². The van der Waals surface area contributed by atoms with E-state index in [0.717, 1.165) is 71.1 Å². The average Bonchev–Trinajstić information content (AvgIpc) is 3.69. The van der Waals surface area contributed by atoms with E-state index in [1.807, 2.05) is 42.9 Å². The zero-order chi connectivity index (χ0) is 24.9. The molecule has 3 aromatic heterocycles. The maximum Gasteiger partial charge on any atom is 0.138 e. The monoisotopic (exact) mass is 493 g/mol. The van der Waals surface area contributed by atoms with Crippen LogP contribution in [0.1, 0.15) is 54.5 Å². The molecule has 0 bridgehead atoms. The number of rotatable bonds is 5. The molecule has 37 heavy (non-hydrogen) atoms. The number of anilines is 1. The van der Waals surface area contributed by atoms with E-state index in [4.69, 9.17) is 15.5 Å². The number of ether oxygens (including phenoxy) is 1. The third-order valence-corrected chi connectivity index (χ3v) is 7.82. The smallest absolute Gasteiger partial charge is 0.138 e. The van der Waals surface area contributed by atoms with Crippen molar-refractivity contribution in [1.82, 2.24) is 19.9 Å². The third kappa shape index (κ3) is 3.97. The first kappa shape index (κ1) is 22.4. The molecule has 188 valence electrons. The topological polar surface area (TPSA) is 104 Å². The molecule has 1 aliphatic carbocycles. The number of piperidine rings is 1. The Morgan fingerprint density at radius 2 is 1.97 bits per heavy atom. The predicted molar refractivity (Wildman–Crippen MR) is 146 cm³/mol. The standard InChI is InChI=1S/C29H31N7O/c1-37-25-7-3-2-6-20(25)23-13-21-19(10-11-32-27(21)33-23)28-34-24-15-31-14-22(17-8-9-17)26(24)29(35-28)36-12-4-5-18(30)16-36/h2-3,6-7,10-11,13-15,17-18,29H,4-5,8-9,12,16,30H2,1H3,(H,32,33)(H,34,35)/t18?,29-/m0/s1. The van der Waals surface area contributed by atoms with Crippen molar-refractivity contribution in [3.63, 3.8) is 0 Å². The summed E-state index contributed by atoms with van der Waals surface area (Å²) in [6.45, 7) is 1.84. The Kier molecular flexibility index (Phi) is 5.44. The van der Waals surface area contributed by atoms with Crippen molar-refractivity contribution in [3.05, 3.63) is 71.7 Å². The molecule has 1 aromatic carbocycles. The van der Waals surface area contributed by atoms with Gasteiger partial charge in [0.05, 0.1) is 24.7 Å². The van der Waals surface area contributed by atoms with Crippen molar-refractivity contribution in [1.29, 1.82) is 0 Å². The van der Waals surface area contributed by atoms with Crippen LogP contribution >= 0.6 is 0 Å². The van der Waals surface area contributed by atoms with E-state index < -0.39 is 0 Å². The normalized spacial score (nSPS) is 21.8. The fourth-order valence-electron chi connectivity index (χ4n) is 5.85. The van der Waals surface area contributed by atoms with Gasteiger partial charge in [-0.05, 0) is 61.4 Å². The zero-order valence-electron chi connectivity index (χ0n) is 20.9. The first-order valence-electron chi connectivity index (χ1n) is 13.1. The van der Waals surface area contributed by atoms with Crippen LogP contribution < -0.4 is 15.8 Å². The van der Waals surface area contributed by atoms with Crippen molar-refractivity contribution < 1.29 is 4.74 Å². The molecule has 1 unspecified atom stereocenters. The number of hydrogen-bond acceptors (Lipinski definition) is 7. The van der Waals surface area contributed by atoms with Crippen LogP contribution in [0.4, 0.5) is 5.69 Å². The van der Waals surface area contributed by atoms with Gasteiger partial charge in [-0.3, -0.25) is 9.88 Å². The summed E-state index contributed by atoms with van der Waals surface area (Å²) in [4.78, 5) is 20.6. The molecule has 2 atom stereocenters. The zero-order valence-corrected chi connectivity index (χ0v) is 20.9. The van der Waals surface area contributed by atoms with Crippen LogP contribution in [0.5, 0.6) is 5.75 Å². The summed E-state index contributed by atoms with van der Waals surface area (Å²) in [5.74, 6) is 2.24. The van der Waals surface area contributed by atoms with Gasteiger partial charge in [-0.2, -0.15) is 0 Å². The van der Waals surface area contributed by atoms with Gasteiger partial charge in [0.15, 0.2) is 0 Å². The summed E-state index contributed by atoms with van der Waals surface area (Å²) in [6, 6.07) is 12.4. The lowest BCUT2D eigenvalue weighted by atomic mass is 9.96. The van der Waals surface area contributed by atoms with Crippen LogP contribution in [0.25, 0.3) is 22.3 Å². The van der Waals surface area contributed by atoms with Crippen molar-refractivity contribution >= 4 is 22.6 Å². The Morgan fingerprint density at radius 3 is 2.81 bits per heavy atom. The molecule has 5 heterocycles. The van der Waals surface area contributed by atoms with E-state index in [1.54, 1.807) is 7.11 Å². The second-order valence-corrected chi connectivity index (χ2v) is 10.3. The van der Waals surface area contributed by atoms with Gasteiger partial charge in [0, 0.05) is 53.6 Å². The number of aromatic nitrogens is 3. The van der Waals surface area contributed by atoms with Crippen LogP contribution in [-0.4, -0.2) is 51.9 Å². The molecule has 2 aliphatic heterocycles. The summed E-state index contributed by atoms with van der Waals surface area (Å²) in [6.07, 6.45) is 10.4. The molecule has 1 saturated carbocycles. The summed E-state index contributed by atoms with van der Waals surface area (Å²) in [5.41, 5.74) is 13.8. The lowest BCUT2D eigenvalue weighted by molar-refractivity contribution is 0.153. The molecule has 0 spiro atoms. The van der Waals surface area contributed by atoms with Gasteiger partial charge >= 0.3 is 0 Å². The number of aliphatic imine (C=N–C) groups is 1. The maximum absolute atomic E-state index is 6.42. The van der Waals surface area contributed by atoms with Crippen molar-refractivity contribution in [2.75, 3.05) is 25.5 Å². The molecule has 4 aromatic rings. The van der Waals surface area contributed by atoms with E-state index >= 15 is 0 Å². The number of nitrogens with two attached hydrogens (primary N) is 1. The molecule has 3 aliphatic rings. The minimum Gasteiger partial charge on any atom is -0.496 e. The fraction of sp³-hybridized carbons (Fsp3) is 0.345. The van der Waals surface area contributed by atoms with Crippen LogP contribution in [0, 0.1) is 0 Å². The lowest BCUT2D eigenvalue weighted by Gasteiger charge is -2.39. The van der Waals surface area contributed by atoms with E-state index in [0.29, 0.717) is 5.92 Å². The Balaban J connectivity index is 1.35. The Bertz CT molecular complexity index is 1510. The maximum atomic E-state index is 6.42. The number of para-hydroxylation sites is 1. The molecule has 4 N–H and O–H groups in total. The summed E-state index contributed by atoms with van der Waals surface area (Å²) < 4.78 is 5.61. The van der Waals surface area contributed by atoms with Crippen LogP contribution in [-0.2, 0) is 0 Å². The third-order valence-electron chi connectivity index (χ3n) is 7.82. The number of nitrogens with one attached hydrogen (secondary N) is 2. The molecule has 0 amide bonds. The van der Waals surface area contributed by atoms with Crippen molar-refractivity contribution in [2.45, 2.75) is 43.8 Å². The molecule has 7 rings (SSSR count). The largest absolute Gasteiger partial charge is 0.496 e. The molecule has 0 radical (unpaired) electrons. The Labute approximate surface area is 216 Å². The van der Waals surface area contributed by atoms with Crippen LogP contribution in [0.2, 0.25) is 0 Å². The van der Waals surface area contributed by atoms with E-state index in [2.05, 4.69) is 37.3 Å². The summed E-state index contributed by atoms with van der Waals surface area (Å²) in [7, 11) is 1.69. The van der Waals surface area contributed by atoms with Gasteiger partial charge in [0.1, 0.15) is 23.4 Å². The number of methoxy groups -OCH3 is 1. The minimum atomic E-state index is -0.0768. The molecular formula is C29H31N7O. The van der Waals surface area contributed by atoms with Crippen molar-refractivity contribution in [3.8, 4) is 17.0 Å². The van der Waals surface area contributed by atoms with E-state index in [-0.39, 0.29) is 12.2 Å². The van der Waals surface area contributed by atoms with Gasteiger partial charge in [-0.1, -0.05) is 12.1 Å². The highest BCUT2D eigenvalue weighted by atomic mass is 16.5. The second-order valence-electron chi connectivity index (χ2n) is 10.3. The second kappa shape index (κ2) is 8.97. The molecule has 1 saturated heterocycles. The molecule has 2 fully saturated rings. The first-order chi connectivity index (χ1) is 18.2. The number of nitrogens with zero attached hydrogens (tertiary/aromatic N) is 4. The lowest BCUT2D eigenvalue weighted by Crippen LogP contribution is -2.45.